The number of piperidine rings is 1. The van der Waals surface area contributed by atoms with Gasteiger partial charge in [0.05, 0.1) is 23.5 Å². The molecule has 33 heavy (non-hydrogen) atoms. The van der Waals surface area contributed by atoms with Crippen molar-refractivity contribution in [3.63, 3.8) is 0 Å². The average Bonchev–Trinajstić information content (AvgIpc) is 3.19. The van der Waals surface area contributed by atoms with Gasteiger partial charge in [0.15, 0.2) is 0 Å². The van der Waals surface area contributed by atoms with Crippen LogP contribution in [-0.2, 0) is 11.3 Å². The standard InChI is InChI=1S/C26H24BrClN4O/c27-19-7-13-22(14-8-19)32-24-6-2-1-5-23(24)30-25(32)17-31-15-3-4-18(16-31)26(33)29-21-11-9-20(28)10-12-21/h1-2,5-14,18H,3-4,15-17H2,(H,29,33)/t18-/m1/s1. The van der Waals surface area contributed by atoms with E-state index in [0.717, 1.165) is 52.1 Å². The molecule has 4 aromatic rings. The molecule has 0 aliphatic carbocycles. The summed E-state index contributed by atoms with van der Waals surface area (Å²) in [5.74, 6) is 0.987. The molecule has 2 heterocycles. The number of carbonyl (C=O) groups is 1. The Bertz CT molecular complexity index is 1270. The van der Waals surface area contributed by atoms with Crippen LogP contribution in [0.3, 0.4) is 0 Å². The number of benzene rings is 3. The third kappa shape index (κ3) is 4.98. The van der Waals surface area contributed by atoms with Gasteiger partial charge in [0.1, 0.15) is 5.82 Å². The van der Waals surface area contributed by atoms with Gasteiger partial charge in [-0.3, -0.25) is 14.3 Å². The zero-order valence-corrected chi connectivity index (χ0v) is 20.4. The van der Waals surface area contributed by atoms with Gasteiger partial charge in [-0.1, -0.05) is 39.7 Å². The smallest absolute Gasteiger partial charge is 0.228 e. The number of halogens is 2. The van der Waals surface area contributed by atoms with E-state index < -0.39 is 0 Å². The maximum atomic E-state index is 12.9. The van der Waals surface area contributed by atoms with Gasteiger partial charge in [-0.15, -0.1) is 0 Å². The van der Waals surface area contributed by atoms with Crippen LogP contribution in [0, 0.1) is 5.92 Å². The fourth-order valence-corrected chi connectivity index (χ4v) is 4.84. The first-order chi connectivity index (χ1) is 16.1. The molecule has 0 radical (unpaired) electrons. The third-order valence-corrected chi connectivity index (χ3v) is 6.85. The van der Waals surface area contributed by atoms with E-state index in [1.54, 1.807) is 12.1 Å². The highest BCUT2D eigenvalue weighted by atomic mass is 79.9. The lowest BCUT2D eigenvalue weighted by atomic mass is 9.97. The van der Waals surface area contributed by atoms with E-state index in [-0.39, 0.29) is 11.8 Å². The van der Waals surface area contributed by atoms with E-state index in [0.29, 0.717) is 18.1 Å². The van der Waals surface area contributed by atoms with E-state index >= 15 is 0 Å². The average molecular weight is 524 g/mol. The largest absolute Gasteiger partial charge is 0.326 e. The summed E-state index contributed by atoms with van der Waals surface area (Å²) in [7, 11) is 0. The van der Waals surface area contributed by atoms with Gasteiger partial charge < -0.3 is 5.32 Å². The van der Waals surface area contributed by atoms with Crippen LogP contribution in [0.25, 0.3) is 16.7 Å². The minimum atomic E-state index is -0.0556. The van der Waals surface area contributed by atoms with Crippen molar-refractivity contribution >= 4 is 50.2 Å². The summed E-state index contributed by atoms with van der Waals surface area (Å²) in [6.07, 6.45) is 1.87. The molecule has 1 aliphatic heterocycles. The Balaban J connectivity index is 1.36. The molecule has 7 heteroatoms. The lowest BCUT2D eigenvalue weighted by Crippen LogP contribution is -2.40. The molecule has 1 atom stereocenters. The summed E-state index contributed by atoms with van der Waals surface area (Å²) in [6.45, 7) is 2.35. The molecule has 0 bridgehead atoms. The van der Waals surface area contributed by atoms with Crippen molar-refractivity contribution in [3.8, 4) is 5.69 Å². The predicted octanol–water partition coefficient (Wildman–Crippen LogP) is 6.29. The van der Waals surface area contributed by atoms with E-state index in [2.05, 4.69) is 48.9 Å². The first-order valence-electron chi connectivity index (χ1n) is 11.1. The summed E-state index contributed by atoms with van der Waals surface area (Å²) in [5, 5.41) is 3.70. The van der Waals surface area contributed by atoms with Crippen molar-refractivity contribution in [3.05, 3.63) is 88.1 Å². The predicted molar refractivity (Wildman–Crippen MR) is 137 cm³/mol. The minimum Gasteiger partial charge on any atom is -0.326 e. The number of nitrogens with zero attached hydrogens (tertiary/aromatic N) is 3. The second kappa shape index (κ2) is 9.67. The minimum absolute atomic E-state index is 0.0556. The third-order valence-electron chi connectivity index (χ3n) is 6.07. The quantitative estimate of drug-likeness (QED) is 0.334. The van der Waals surface area contributed by atoms with Gasteiger partial charge in [0.25, 0.3) is 0 Å². The second-order valence-electron chi connectivity index (χ2n) is 8.40. The number of aromatic nitrogens is 2. The van der Waals surface area contributed by atoms with E-state index in [9.17, 15) is 4.79 Å². The second-order valence-corrected chi connectivity index (χ2v) is 9.75. The maximum Gasteiger partial charge on any atom is 0.228 e. The van der Waals surface area contributed by atoms with E-state index in [1.165, 1.54) is 0 Å². The number of anilines is 1. The number of carbonyl (C=O) groups excluding carboxylic acids is 1. The molecule has 1 N–H and O–H groups in total. The SMILES string of the molecule is O=C(Nc1ccc(Cl)cc1)[C@@H]1CCCN(Cc2nc3ccccc3n2-c2ccc(Br)cc2)C1. The topological polar surface area (TPSA) is 50.2 Å². The van der Waals surface area contributed by atoms with Crippen LogP contribution < -0.4 is 5.32 Å². The van der Waals surface area contributed by atoms with Crippen LogP contribution in [0.5, 0.6) is 0 Å². The van der Waals surface area contributed by atoms with Crippen LogP contribution in [-0.4, -0.2) is 33.4 Å². The molecule has 1 aliphatic rings. The van der Waals surface area contributed by atoms with Crippen molar-refractivity contribution in [1.29, 1.82) is 0 Å². The van der Waals surface area contributed by atoms with Crippen LogP contribution >= 0.6 is 27.5 Å². The molecule has 0 spiro atoms. The Kier molecular flexibility index (Phi) is 6.49. The Morgan fingerprint density at radius 1 is 1.06 bits per heavy atom. The van der Waals surface area contributed by atoms with Crippen LogP contribution in [0.4, 0.5) is 5.69 Å². The fraction of sp³-hybridized carbons (Fsp3) is 0.231. The summed E-state index contributed by atoms with van der Waals surface area (Å²) in [4.78, 5) is 20.2. The highest BCUT2D eigenvalue weighted by molar-refractivity contribution is 9.10. The zero-order valence-electron chi connectivity index (χ0n) is 18.0. The van der Waals surface area contributed by atoms with Crippen molar-refractivity contribution in [2.75, 3.05) is 18.4 Å². The number of imidazole rings is 1. The molecule has 0 unspecified atom stereocenters. The monoisotopic (exact) mass is 522 g/mol. The van der Waals surface area contributed by atoms with Crippen molar-refractivity contribution in [2.45, 2.75) is 19.4 Å². The Labute approximate surface area is 206 Å². The molecule has 3 aromatic carbocycles. The number of likely N-dealkylation sites (tertiary alicyclic amines) is 1. The van der Waals surface area contributed by atoms with Crippen LogP contribution in [0.1, 0.15) is 18.7 Å². The molecule has 5 rings (SSSR count). The Morgan fingerprint density at radius 2 is 1.82 bits per heavy atom. The van der Waals surface area contributed by atoms with Gasteiger partial charge in [-0.25, -0.2) is 4.98 Å². The number of para-hydroxylation sites is 2. The van der Waals surface area contributed by atoms with Crippen LogP contribution in [0.15, 0.2) is 77.3 Å². The summed E-state index contributed by atoms with van der Waals surface area (Å²) < 4.78 is 3.27. The summed E-state index contributed by atoms with van der Waals surface area (Å²) in [5.41, 5.74) is 3.92. The van der Waals surface area contributed by atoms with Crippen LogP contribution in [0.2, 0.25) is 5.02 Å². The van der Waals surface area contributed by atoms with Gasteiger partial charge in [0.2, 0.25) is 5.91 Å². The van der Waals surface area contributed by atoms with Crippen molar-refractivity contribution in [2.24, 2.45) is 5.92 Å². The van der Waals surface area contributed by atoms with Gasteiger partial charge in [-0.05, 0) is 80.1 Å². The molecule has 1 amide bonds. The van der Waals surface area contributed by atoms with Crippen molar-refractivity contribution in [1.82, 2.24) is 14.5 Å². The summed E-state index contributed by atoms with van der Waals surface area (Å²) >= 11 is 9.48. The lowest BCUT2D eigenvalue weighted by Gasteiger charge is -2.31. The molecular formula is C26H24BrClN4O. The maximum absolute atomic E-state index is 12.9. The normalized spacial score (nSPS) is 16.7. The molecular weight excluding hydrogens is 500 g/mol. The number of rotatable bonds is 5. The first-order valence-corrected chi connectivity index (χ1v) is 12.2. The van der Waals surface area contributed by atoms with Gasteiger partial charge in [0, 0.05) is 27.4 Å². The van der Waals surface area contributed by atoms with E-state index in [4.69, 9.17) is 16.6 Å². The molecule has 1 fully saturated rings. The fourth-order valence-electron chi connectivity index (χ4n) is 4.45. The molecule has 1 aromatic heterocycles. The number of amides is 1. The lowest BCUT2D eigenvalue weighted by molar-refractivity contribution is -0.121. The molecule has 1 saturated heterocycles. The number of fused-ring (bicyclic) bond motifs is 1. The Morgan fingerprint density at radius 3 is 2.61 bits per heavy atom. The molecule has 5 nitrogen and oxygen atoms in total. The first kappa shape index (κ1) is 22.1. The highest BCUT2D eigenvalue weighted by Crippen LogP contribution is 2.26. The molecule has 0 saturated carbocycles. The summed E-state index contributed by atoms with van der Waals surface area (Å²) in [6, 6.07) is 23.7. The van der Waals surface area contributed by atoms with Gasteiger partial charge >= 0.3 is 0 Å². The van der Waals surface area contributed by atoms with E-state index in [1.807, 2.05) is 42.5 Å². The molecule has 168 valence electrons. The number of nitrogens with one attached hydrogen (secondary N) is 1. The van der Waals surface area contributed by atoms with Gasteiger partial charge in [-0.2, -0.15) is 0 Å². The number of hydrogen-bond donors (Lipinski definition) is 1. The Hall–Kier alpha value is -2.67. The number of hydrogen-bond acceptors (Lipinski definition) is 3. The van der Waals surface area contributed by atoms with Crippen molar-refractivity contribution < 1.29 is 4.79 Å². The highest BCUT2D eigenvalue weighted by Gasteiger charge is 2.27. The zero-order chi connectivity index (χ0) is 22.8.